The minimum Gasteiger partial charge on any atom is -0.256 e. The second-order valence-corrected chi connectivity index (χ2v) is 7.67. The van der Waals surface area contributed by atoms with Crippen LogP contribution in [0.3, 0.4) is 0 Å². The van der Waals surface area contributed by atoms with Gasteiger partial charge in [0, 0.05) is 24.7 Å². The van der Waals surface area contributed by atoms with Gasteiger partial charge >= 0.3 is 0 Å². The van der Waals surface area contributed by atoms with Gasteiger partial charge in [-0.2, -0.15) is 4.31 Å². The Labute approximate surface area is 130 Å². The predicted molar refractivity (Wildman–Crippen MR) is 84.7 cm³/mol. The molecule has 2 aromatic rings. The molecule has 0 N–H and O–H groups in total. The summed E-state index contributed by atoms with van der Waals surface area (Å²) in [7, 11) is -3.53. The van der Waals surface area contributed by atoms with Crippen molar-refractivity contribution in [1.82, 2.24) is 9.29 Å². The lowest BCUT2D eigenvalue weighted by atomic mass is 10.1. The van der Waals surface area contributed by atoms with E-state index in [2.05, 4.69) is 4.98 Å². The average Bonchev–Trinajstić information content (AvgIpc) is 2.72. The van der Waals surface area contributed by atoms with E-state index in [1.807, 2.05) is 24.3 Å². The summed E-state index contributed by atoms with van der Waals surface area (Å²) in [6.45, 7) is 0.376. The molecular formula is C16H19FN2O2S. The van der Waals surface area contributed by atoms with Crippen molar-refractivity contribution < 1.29 is 12.8 Å². The third-order valence-electron chi connectivity index (χ3n) is 4.02. The van der Waals surface area contributed by atoms with Gasteiger partial charge in [-0.15, -0.1) is 0 Å². The number of aromatic nitrogens is 1. The molecule has 0 bridgehead atoms. The third-order valence-corrected chi connectivity index (χ3v) is 5.82. The van der Waals surface area contributed by atoms with Gasteiger partial charge in [-0.3, -0.25) is 4.98 Å². The number of para-hydroxylation sites is 1. The van der Waals surface area contributed by atoms with Crippen LogP contribution < -0.4 is 0 Å². The smallest absolute Gasteiger partial charge is 0.218 e. The molecule has 22 heavy (non-hydrogen) atoms. The zero-order valence-corrected chi connectivity index (χ0v) is 13.1. The van der Waals surface area contributed by atoms with Crippen LogP contribution in [-0.4, -0.2) is 37.0 Å². The van der Waals surface area contributed by atoms with E-state index < -0.39 is 16.2 Å². The number of sulfonamides is 1. The summed E-state index contributed by atoms with van der Waals surface area (Å²) in [5.41, 5.74) is 1.36. The van der Waals surface area contributed by atoms with Crippen LogP contribution in [-0.2, 0) is 15.8 Å². The van der Waals surface area contributed by atoms with Crippen molar-refractivity contribution in [2.75, 3.05) is 13.1 Å². The van der Waals surface area contributed by atoms with Crippen LogP contribution in [0.25, 0.3) is 10.9 Å². The van der Waals surface area contributed by atoms with Crippen LogP contribution in [0.5, 0.6) is 0 Å². The quantitative estimate of drug-likeness (QED) is 0.873. The Balaban J connectivity index is 1.89. The van der Waals surface area contributed by atoms with Crippen LogP contribution in [0.1, 0.15) is 24.8 Å². The van der Waals surface area contributed by atoms with Gasteiger partial charge in [0.2, 0.25) is 10.0 Å². The van der Waals surface area contributed by atoms with Crippen LogP contribution in [0.15, 0.2) is 36.5 Å². The molecule has 1 fully saturated rings. The van der Waals surface area contributed by atoms with E-state index in [-0.39, 0.29) is 12.3 Å². The maximum absolute atomic E-state index is 13.7. The van der Waals surface area contributed by atoms with E-state index in [9.17, 15) is 12.8 Å². The Morgan fingerprint density at radius 3 is 2.91 bits per heavy atom. The Morgan fingerprint density at radius 2 is 2.05 bits per heavy atom. The normalized spacial score (nSPS) is 20.9. The topological polar surface area (TPSA) is 50.3 Å². The van der Waals surface area contributed by atoms with Crippen molar-refractivity contribution in [2.24, 2.45) is 0 Å². The first-order chi connectivity index (χ1) is 10.6. The maximum atomic E-state index is 13.7. The molecule has 1 unspecified atom stereocenters. The summed E-state index contributed by atoms with van der Waals surface area (Å²) in [5, 5.41) is 0.912. The molecule has 0 saturated carbocycles. The Morgan fingerprint density at radius 1 is 1.23 bits per heavy atom. The Hall–Kier alpha value is -1.53. The summed E-state index contributed by atoms with van der Waals surface area (Å²) in [6, 6.07) is 9.24. The van der Waals surface area contributed by atoms with Gasteiger partial charge < -0.3 is 0 Å². The largest absolute Gasteiger partial charge is 0.256 e. The standard InChI is InChI=1S/C16H19FN2O2S/c17-15-8-1-2-10-19(11-15)22(20,21)12-14-6-3-5-13-7-4-9-18-16(13)14/h3-7,9,15H,1-2,8,10-12H2. The number of hydrogen-bond acceptors (Lipinski definition) is 3. The number of rotatable bonds is 3. The first-order valence-corrected chi connectivity index (χ1v) is 9.12. The minimum absolute atomic E-state index is 0.0273. The molecule has 118 valence electrons. The molecule has 0 aliphatic carbocycles. The molecule has 1 aromatic heterocycles. The number of hydrogen-bond donors (Lipinski definition) is 0. The van der Waals surface area contributed by atoms with Gasteiger partial charge in [-0.25, -0.2) is 12.8 Å². The monoisotopic (exact) mass is 322 g/mol. The molecule has 1 aliphatic heterocycles. The fourth-order valence-corrected chi connectivity index (χ4v) is 4.49. The highest BCUT2D eigenvalue weighted by Gasteiger charge is 2.28. The fraction of sp³-hybridized carbons (Fsp3) is 0.438. The summed E-state index contributed by atoms with van der Waals surface area (Å²) in [4.78, 5) is 4.29. The van der Waals surface area contributed by atoms with Crippen molar-refractivity contribution in [3.63, 3.8) is 0 Å². The zero-order valence-electron chi connectivity index (χ0n) is 12.3. The first-order valence-electron chi connectivity index (χ1n) is 7.51. The number of pyridine rings is 1. The van der Waals surface area contributed by atoms with E-state index in [0.717, 1.165) is 11.8 Å². The minimum atomic E-state index is -3.53. The molecule has 1 aliphatic rings. The molecule has 0 radical (unpaired) electrons. The number of halogens is 1. The molecule has 0 spiro atoms. The number of alkyl halides is 1. The van der Waals surface area contributed by atoms with Gasteiger partial charge in [0.05, 0.1) is 11.3 Å². The highest BCUT2D eigenvalue weighted by Crippen LogP contribution is 2.22. The fourth-order valence-electron chi connectivity index (χ4n) is 2.88. The highest BCUT2D eigenvalue weighted by molar-refractivity contribution is 7.88. The van der Waals surface area contributed by atoms with Crippen LogP contribution in [0.2, 0.25) is 0 Å². The Bertz CT molecular complexity index is 758. The van der Waals surface area contributed by atoms with Gasteiger partial charge in [-0.05, 0) is 30.9 Å². The van der Waals surface area contributed by atoms with Crippen molar-refractivity contribution >= 4 is 20.9 Å². The van der Waals surface area contributed by atoms with Crippen molar-refractivity contribution in [1.29, 1.82) is 0 Å². The van der Waals surface area contributed by atoms with Crippen molar-refractivity contribution in [3.8, 4) is 0 Å². The van der Waals surface area contributed by atoms with Crippen molar-refractivity contribution in [2.45, 2.75) is 31.2 Å². The third kappa shape index (κ3) is 3.28. The molecule has 4 nitrogen and oxygen atoms in total. The van der Waals surface area contributed by atoms with Crippen LogP contribution >= 0.6 is 0 Å². The molecule has 1 atom stereocenters. The van der Waals surface area contributed by atoms with Gasteiger partial charge in [0.15, 0.2) is 0 Å². The number of benzene rings is 1. The number of nitrogens with zero attached hydrogens (tertiary/aromatic N) is 2. The molecule has 2 heterocycles. The highest BCUT2D eigenvalue weighted by atomic mass is 32.2. The second-order valence-electron chi connectivity index (χ2n) is 5.70. The maximum Gasteiger partial charge on any atom is 0.218 e. The van der Waals surface area contributed by atoms with Crippen molar-refractivity contribution in [3.05, 3.63) is 42.1 Å². The SMILES string of the molecule is O=S(=O)(Cc1cccc2cccnc12)N1CCCCC(F)C1. The second kappa shape index (κ2) is 6.30. The van der Waals surface area contributed by atoms with E-state index >= 15 is 0 Å². The summed E-state index contributed by atoms with van der Waals surface area (Å²) in [5.74, 6) is -0.131. The summed E-state index contributed by atoms with van der Waals surface area (Å²) < 4.78 is 40.3. The molecule has 6 heteroatoms. The molecule has 0 amide bonds. The van der Waals surface area contributed by atoms with E-state index in [1.54, 1.807) is 12.3 Å². The van der Waals surface area contributed by atoms with Gasteiger partial charge in [0.1, 0.15) is 6.17 Å². The molecule has 1 aromatic carbocycles. The summed E-state index contributed by atoms with van der Waals surface area (Å²) >= 11 is 0. The summed E-state index contributed by atoms with van der Waals surface area (Å²) in [6.07, 6.45) is 2.49. The lowest BCUT2D eigenvalue weighted by Gasteiger charge is -2.21. The van der Waals surface area contributed by atoms with Crippen LogP contribution in [0, 0.1) is 0 Å². The van der Waals surface area contributed by atoms with Gasteiger partial charge in [-0.1, -0.05) is 24.3 Å². The first kappa shape index (κ1) is 15.4. The lowest BCUT2D eigenvalue weighted by molar-refractivity contribution is 0.272. The number of fused-ring (bicyclic) bond motifs is 1. The lowest BCUT2D eigenvalue weighted by Crippen LogP contribution is -2.36. The van der Waals surface area contributed by atoms with E-state index in [0.29, 0.717) is 30.5 Å². The van der Waals surface area contributed by atoms with E-state index in [1.165, 1.54) is 4.31 Å². The predicted octanol–water partition coefficient (Wildman–Crippen LogP) is 2.89. The van der Waals surface area contributed by atoms with Crippen LogP contribution in [0.4, 0.5) is 4.39 Å². The van der Waals surface area contributed by atoms with Gasteiger partial charge in [0.25, 0.3) is 0 Å². The molecule has 3 rings (SSSR count). The average molecular weight is 322 g/mol. The molecule has 1 saturated heterocycles. The molecular weight excluding hydrogens is 303 g/mol. The Kier molecular flexibility index (Phi) is 4.40. The zero-order chi connectivity index (χ0) is 15.6. The van der Waals surface area contributed by atoms with E-state index in [4.69, 9.17) is 0 Å².